The number of hydrogen-bond donors (Lipinski definition) is 0. The number of nitrogens with zero attached hydrogens (tertiary/aromatic N) is 6. The normalized spacial score (nSPS) is 14.9. The summed E-state index contributed by atoms with van der Waals surface area (Å²) < 4.78 is 5.87. The molecule has 0 amide bonds. The van der Waals surface area contributed by atoms with Gasteiger partial charge in [0.15, 0.2) is 5.58 Å². The molecule has 0 saturated carbocycles. The van der Waals surface area contributed by atoms with E-state index in [0.717, 1.165) is 54.7 Å². The highest BCUT2D eigenvalue weighted by Gasteiger charge is 2.23. The van der Waals surface area contributed by atoms with E-state index in [1.807, 2.05) is 50.2 Å². The lowest BCUT2D eigenvalue weighted by Crippen LogP contribution is -2.47. The molecule has 0 unspecified atom stereocenters. The van der Waals surface area contributed by atoms with Crippen LogP contribution < -0.4 is 14.7 Å². The van der Waals surface area contributed by atoms with Crippen molar-refractivity contribution in [2.24, 2.45) is 0 Å². The first-order chi connectivity index (χ1) is 12.5. The van der Waals surface area contributed by atoms with E-state index < -0.39 is 0 Å². The van der Waals surface area contributed by atoms with E-state index in [0.29, 0.717) is 11.0 Å². The van der Waals surface area contributed by atoms with Gasteiger partial charge < -0.3 is 19.1 Å². The average Bonchev–Trinajstić information content (AvgIpc) is 3.04. The van der Waals surface area contributed by atoms with Crippen LogP contribution >= 0.6 is 11.6 Å². The van der Waals surface area contributed by atoms with Gasteiger partial charge >= 0.3 is 0 Å². The summed E-state index contributed by atoms with van der Waals surface area (Å²) in [5.74, 6) is 1.70. The third-order valence-electron chi connectivity index (χ3n) is 4.46. The Kier molecular flexibility index (Phi) is 4.32. The molecule has 0 atom stereocenters. The second-order valence-corrected chi connectivity index (χ2v) is 7.08. The van der Waals surface area contributed by atoms with Gasteiger partial charge in [0.1, 0.15) is 11.3 Å². The van der Waals surface area contributed by atoms with Crippen molar-refractivity contribution < 1.29 is 4.42 Å². The molecule has 7 nitrogen and oxygen atoms in total. The molecule has 0 aliphatic carbocycles. The Bertz CT molecular complexity index is 933. The summed E-state index contributed by atoms with van der Waals surface area (Å²) in [6.45, 7) is 5.23. The van der Waals surface area contributed by atoms with E-state index in [-0.39, 0.29) is 0 Å². The molecule has 136 valence electrons. The van der Waals surface area contributed by atoms with Crippen LogP contribution in [0.15, 0.2) is 28.7 Å². The SMILES string of the molecule is Cc1cc(N(C)C)nc(N2CCN(c3nc4cc(Cl)ccc4o3)CC2)n1. The van der Waals surface area contributed by atoms with Crippen LogP contribution in [0.25, 0.3) is 11.1 Å². The van der Waals surface area contributed by atoms with Crippen LogP contribution in [0.4, 0.5) is 17.8 Å². The van der Waals surface area contributed by atoms with Crippen molar-refractivity contribution in [2.45, 2.75) is 6.92 Å². The molecule has 1 aliphatic rings. The van der Waals surface area contributed by atoms with Crippen LogP contribution in [0.5, 0.6) is 0 Å². The molecule has 26 heavy (non-hydrogen) atoms. The van der Waals surface area contributed by atoms with Gasteiger partial charge in [0, 0.05) is 57.1 Å². The number of hydrogen-bond acceptors (Lipinski definition) is 7. The fourth-order valence-corrected chi connectivity index (χ4v) is 3.19. The maximum absolute atomic E-state index is 6.03. The van der Waals surface area contributed by atoms with E-state index in [4.69, 9.17) is 16.0 Å². The zero-order chi connectivity index (χ0) is 18.3. The maximum Gasteiger partial charge on any atom is 0.298 e. The molecule has 3 heterocycles. The highest BCUT2D eigenvalue weighted by atomic mass is 35.5. The molecule has 0 spiro atoms. The van der Waals surface area contributed by atoms with Crippen molar-refractivity contribution in [3.63, 3.8) is 0 Å². The Morgan fingerprint density at radius 3 is 2.46 bits per heavy atom. The van der Waals surface area contributed by atoms with Crippen molar-refractivity contribution in [3.8, 4) is 0 Å². The predicted octanol–water partition coefficient (Wildman–Crippen LogP) is 2.97. The van der Waals surface area contributed by atoms with E-state index in [2.05, 4.69) is 24.8 Å². The number of halogens is 1. The summed E-state index contributed by atoms with van der Waals surface area (Å²) in [4.78, 5) is 20.2. The molecule has 1 saturated heterocycles. The number of piperazine rings is 1. The number of anilines is 3. The molecule has 8 heteroatoms. The monoisotopic (exact) mass is 372 g/mol. The van der Waals surface area contributed by atoms with Gasteiger partial charge in [-0.05, 0) is 25.1 Å². The fraction of sp³-hybridized carbons (Fsp3) is 0.389. The van der Waals surface area contributed by atoms with Gasteiger partial charge in [-0.3, -0.25) is 0 Å². The van der Waals surface area contributed by atoms with Crippen molar-refractivity contribution in [1.29, 1.82) is 0 Å². The van der Waals surface area contributed by atoms with Crippen LogP contribution in [0.1, 0.15) is 5.69 Å². The molecular weight excluding hydrogens is 352 g/mol. The second-order valence-electron chi connectivity index (χ2n) is 6.64. The molecule has 1 aromatic carbocycles. The Morgan fingerprint density at radius 2 is 1.73 bits per heavy atom. The molecule has 0 radical (unpaired) electrons. The zero-order valence-corrected chi connectivity index (χ0v) is 15.9. The minimum Gasteiger partial charge on any atom is -0.423 e. The summed E-state index contributed by atoms with van der Waals surface area (Å²) >= 11 is 6.03. The predicted molar refractivity (Wildman–Crippen MR) is 105 cm³/mol. The van der Waals surface area contributed by atoms with Gasteiger partial charge in [0.2, 0.25) is 5.95 Å². The number of aromatic nitrogens is 3. The summed E-state index contributed by atoms with van der Waals surface area (Å²) in [6, 6.07) is 8.12. The lowest BCUT2D eigenvalue weighted by atomic mass is 10.3. The Balaban J connectivity index is 1.50. The summed E-state index contributed by atoms with van der Waals surface area (Å²) in [6.07, 6.45) is 0. The summed E-state index contributed by atoms with van der Waals surface area (Å²) in [7, 11) is 3.98. The molecule has 1 aliphatic heterocycles. The van der Waals surface area contributed by atoms with Crippen LogP contribution in [0.2, 0.25) is 5.02 Å². The van der Waals surface area contributed by atoms with Gasteiger partial charge in [-0.2, -0.15) is 9.97 Å². The Labute approximate surface area is 157 Å². The van der Waals surface area contributed by atoms with Crippen LogP contribution in [-0.4, -0.2) is 55.2 Å². The molecule has 4 rings (SSSR count). The van der Waals surface area contributed by atoms with E-state index in [9.17, 15) is 0 Å². The molecule has 1 fully saturated rings. The second kappa shape index (κ2) is 6.64. The minimum atomic E-state index is 0.640. The number of aryl methyl sites for hydroxylation is 1. The highest BCUT2D eigenvalue weighted by molar-refractivity contribution is 6.31. The first kappa shape index (κ1) is 16.9. The third kappa shape index (κ3) is 3.26. The molecular formula is C18H21ClN6O. The van der Waals surface area contributed by atoms with Crippen molar-refractivity contribution in [2.75, 3.05) is 55.0 Å². The van der Waals surface area contributed by atoms with Crippen molar-refractivity contribution in [1.82, 2.24) is 15.0 Å². The topological polar surface area (TPSA) is 61.5 Å². The van der Waals surface area contributed by atoms with Gasteiger partial charge in [0.05, 0.1) is 0 Å². The lowest BCUT2D eigenvalue weighted by molar-refractivity contribution is 0.538. The van der Waals surface area contributed by atoms with Crippen molar-refractivity contribution in [3.05, 3.63) is 35.0 Å². The van der Waals surface area contributed by atoms with Gasteiger partial charge in [-0.1, -0.05) is 11.6 Å². The number of fused-ring (bicyclic) bond motifs is 1. The molecule has 3 aromatic rings. The van der Waals surface area contributed by atoms with E-state index >= 15 is 0 Å². The first-order valence-corrected chi connectivity index (χ1v) is 8.96. The Hall–Kier alpha value is -2.54. The minimum absolute atomic E-state index is 0.640. The first-order valence-electron chi connectivity index (χ1n) is 8.58. The summed E-state index contributed by atoms with van der Waals surface area (Å²) in [5.41, 5.74) is 2.51. The van der Waals surface area contributed by atoms with Crippen LogP contribution in [0, 0.1) is 6.92 Å². The molecule has 2 aromatic heterocycles. The highest BCUT2D eigenvalue weighted by Crippen LogP contribution is 2.26. The van der Waals surface area contributed by atoms with E-state index in [1.165, 1.54) is 0 Å². The summed E-state index contributed by atoms with van der Waals surface area (Å²) in [5, 5.41) is 0.662. The zero-order valence-electron chi connectivity index (χ0n) is 15.1. The fourth-order valence-electron chi connectivity index (χ4n) is 3.03. The standard InChI is InChI=1S/C18H21ClN6O/c1-12-10-16(23(2)3)22-17(20-12)24-6-8-25(9-7-24)18-21-14-11-13(19)4-5-15(14)26-18/h4-5,10-11H,6-9H2,1-3H3. The molecule has 0 bridgehead atoms. The molecule has 0 N–H and O–H groups in total. The Morgan fingerprint density at radius 1 is 1.00 bits per heavy atom. The van der Waals surface area contributed by atoms with Crippen molar-refractivity contribution >= 4 is 40.5 Å². The van der Waals surface area contributed by atoms with Gasteiger partial charge in [-0.25, -0.2) is 4.98 Å². The maximum atomic E-state index is 6.03. The average molecular weight is 373 g/mol. The van der Waals surface area contributed by atoms with E-state index in [1.54, 1.807) is 0 Å². The number of oxazole rings is 1. The van der Waals surface area contributed by atoms with Crippen LogP contribution in [-0.2, 0) is 0 Å². The number of rotatable bonds is 3. The quantitative estimate of drug-likeness (QED) is 0.700. The van der Waals surface area contributed by atoms with Crippen LogP contribution in [0.3, 0.4) is 0 Å². The lowest BCUT2D eigenvalue weighted by Gasteiger charge is -2.34. The van der Waals surface area contributed by atoms with Gasteiger partial charge in [0.25, 0.3) is 6.01 Å². The van der Waals surface area contributed by atoms with Gasteiger partial charge in [-0.15, -0.1) is 0 Å². The largest absolute Gasteiger partial charge is 0.423 e. The number of benzene rings is 1. The third-order valence-corrected chi connectivity index (χ3v) is 4.69. The smallest absolute Gasteiger partial charge is 0.298 e.